The lowest BCUT2D eigenvalue weighted by atomic mass is 9.90. The van der Waals surface area contributed by atoms with Crippen LogP contribution < -0.4 is 0 Å². The fraction of sp³-hybridized carbons (Fsp3) is 0.333. The first-order valence-corrected chi connectivity index (χ1v) is 11.2. The van der Waals surface area contributed by atoms with Crippen molar-refractivity contribution in [1.29, 1.82) is 0 Å². The SMILES string of the molecule is CC(C)(C)C(=O)N1CCc2c(Cc3ccc(-c4cscn4)cc3)cc(C(=O)O)nc2C1. The first kappa shape index (κ1) is 21.2. The molecule has 0 saturated heterocycles. The molecular weight excluding hydrogens is 410 g/mol. The molecule has 1 aliphatic rings. The first-order chi connectivity index (χ1) is 14.7. The zero-order valence-corrected chi connectivity index (χ0v) is 18.7. The lowest BCUT2D eigenvalue weighted by Crippen LogP contribution is -2.43. The molecule has 31 heavy (non-hydrogen) atoms. The molecule has 0 bridgehead atoms. The maximum atomic E-state index is 12.7. The number of carbonyl (C=O) groups is 2. The van der Waals surface area contributed by atoms with Gasteiger partial charge in [0.1, 0.15) is 5.69 Å². The highest BCUT2D eigenvalue weighted by molar-refractivity contribution is 7.07. The summed E-state index contributed by atoms with van der Waals surface area (Å²) in [6, 6.07) is 9.87. The maximum Gasteiger partial charge on any atom is 0.354 e. The van der Waals surface area contributed by atoms with Crippen molar-refractivity contribution in [2.24, 2.45) is 5.41 Å². The zero-order chi connectivity index (χ0) is 22.2. The van der Waals surface area contributed by atoms with Gasteiger partial charge in [0.25, 0.3) is 0 Å². The van der Waals surface area contributed by atoms with Gasteiger partial charge in [-0.2, -0.15) is 0 Å². The van der Waals surface area contributed by atoms with Gasteiger partial charge in [-0.3, -0.25) is 4.79 Å². The summed E-state index contributed by atoms with van der Waals surface area (Å²) in [4.78, 5) is 34.9. The topological polar surface area (TPSA) is 83.4 Å². The number of carbonyl (C=O) groups excluding carboxylic acids is 1. The van der Waals surface area contributed by atoms with Crippen molar-refractivity contribution in [3.63, 3.8) is 0 Å². The molecule has 160 valence electrons. The predicted octanol–water partition coefficient (Wildman–Crippen LogP) is 4.42. The lowest BCUT2D eigenvalue weighted by molar-refractivity contribution is -0.140. The Bertz CT molecular complexity index is 1120. The quantitative estimate of drug-likeness (QED) is 0.656. The van der Waals surface area contributed by atoms with Crippen LogP contribution in [0.25, 0.3) is 11.3 Å². The van der Waals surface area contributed by atoms with Gasteiger partial charge in [-0.05, 0) is 35.6 Å². The smallest absolute Gasteiger partial charge is 0.354 e. The number of hydrogen-bond donors (Lipinski definition) is 1. The summed E-state index contributed by atoms with van der Waals surface area (Å²) < 4.78 is 0. The minimum Gasteiger partial charge on any atom is -0.477 e. The summed E-state index contributed by atoms with van der Waals surface area (Å²) in [6.45, 7) is 6.65. The summed E-state index contributed by atoms with van der Waals surface area (Å²) in [5.74, 6) is -0.998. The Hall–Kier alpha value is -3.06. The van der Waals surface area contributed by atoms with E-state index in [0.29, 0.717) is 31.6 Å². The van der Waals surface area contributed by atoms with E-state index >= 15 is 0 Å². The van der Waals surface area contributed by atoms with Crippen molar-refractivity contribution in [3.05, 3.63) is 69.3 Å². The second-order valence-corrected chi connectivity index (χ2v) is 9.59. The summed E-state index contributed by atoms with van der Waals surface area (Å²) in [5.41, 5.74) is 7.18. The normalized spacial score (nSPS) is 13.7. The van der Waals surface area contributed by atoms with Gasteiger partial charge < -0.3 is 10.0 Å². The number of benzene rings is 1. The van der Waals surface area contributed by atoms with E-state index in [0.717, 1.165) is 27.9 Å². The number of pyridine rings is 1. The fourth-order valence-corrected chi connectivity index (χ4v) is 4.47. The number of carboxylic acids is 1. The van der Waals surface area contributed by atoms with Gasteiger partial charge in [0.2, 0.25) is 5.91 Å². The Morgan fingerprint density at radius 3 is 2.55 bits per heavy atom. The van der Waals surface area contributed by atoms with Crippen LogP contribution >= 0.6 is 11.3 Å². The summed E-state index contributed by atoms with van der Waals surface area (Å²) >= 11 is 1.56. The van der Waals surface area contributed by atoms with E-state index in [2.05, 4.69) is 22.1 Å². The number of fused-ring (bicyclic) bond motifs is 1. The Balaban J connectivity index is 1.63. The molecule has 4 rings (SSSR count). The van der Waals surface area contributed by atoms with E-state index in [1.54, 1.807) is 22.3 Å². The van der Waals surface area contributed by atoms with Crippen molar-refractivity contribution in [1.82, 2.24) is 14.9 Å². The number of nitrogens with zero attached hydrogens (tertiary/aromatic N) is 3. The molecular formula is C24H25N3O3S. The molecule has 1 amide bonds. The largest absolute Gasteiger partial charge is 0.477 e. The number of amides is 1. The number of aromatic carboxylic acids is 1. The van der Waals surface area contributed by atoms with E-state index < -0.39 is 11.4 Å². The third-order valence-corrected chi connectivity index (χ3v) is 6.09. The van der Waals surface area contributed by atoms with Crippen LogP contribution in [0.2, 0.25) is 0 Å². The predicted molar refractivity (Wildman–Crippen MR) is 120 cm³/mol. The molecule has 0 atom stereocenters. The third-order valence-electron chi connectivity index (χ3n) is 5.50. The molecule has 1 aliphatic heterocycles. The minimum absolute atomic E-state index is 0.0258. The monoisotopic (exact) mass is 435 g/mol. The van der Waals surface area contributed by atoms with E-state index in [4.69, 9.17) is 0 Å². The lowest BCUT2D eigenvalue weighted by Gasteiger charge is -2.34. The molecule has 6 nitrogen and oxygen atoms in total. The van der Waals surface area contributed by atoms with Crippen LogP contribution in [0.3, 0.4) is 0 Å². The minimum atomic E-state index is -1.05. The van der Waals surface area contributed by atoms with Crippen LogP contribution in [0.5, 0.6) is 0 Å². The molecule has 0 radical (unpaired) electrons. The van der Waals surface area contributed by atoms with Gasteiger partial charge in [0.05, 0.1) is 23.4 Å². The average Bonchev–Trinajstić information content (AvgIpc) is 3.27. The fourth-order valence-electron chi connectivity index (χ4n) is 3.91. The molecule has 0 fully saturated rings. The van der Waals surface area contributed by atoms with Crippen LogP contribution in [0, 0.1) is 5.41 Å². The summed E-state index contributed by atoms with van der Waals surface area (Å²) in [5, 5.41) is 11.6. The molecule has 0 aliphatic carbocycles. The van der Waals surface area contributed by atoms with Crippen molar-refractivity contribution in [3.8, 4) is 11.3 Å². The Morgan fingerprint density at radius 2 is 1.94 bits per heavy atom. The Kier molecular flexibility index (Phi) is 5.62. The van der Waals surface area contributed by atoms with E-state index in [1.807, 2.05) is 43.8 Å². The van der Waals surface area contributed by atoms with Crippen molar-refractivity contribution in [2.45, 2.75) is 40.2 Å². The Morgan fingerprint density at radius 1 is 1.19 bits per heavy atom. The van der Waals surface area contributed by atoms with Gasteiger partial charge in [0, 0.05) is 22.9 Å². The number of thiazole rings is 1. The maximum absolute atomic E-state index is 12.7. The van der Waals surface area contributed by atoms with Gasteiger partial charge in [0.15, 0.2) is 0 Å². The Labute approximate surface area is 185 Å². The molecule has 3 heterocycles. The molecule has 1 aromatic carbocycles. The molecule has 0 unspecified atom stereocenters. The summed E-state index contributed by atoms with van der Waals surface area (Å²) in [7, 11) is 0. The van der Waals surface area contributed by atoms with Gasteiger partial charge in [-0.25, -0.2) is 14.8 Å². The van der Waals surface area contributed by atoms with Crippen molar-refractivity contribution < 1.29 is 14.7 Å². The molecule has 3 aromatic rings. The highest BCUT2D eigenvalue weighted by atomic mass is 32.1. The zero-order valence-electron chi connectivity index (χ0n) is 17.9. The summed E-state index contributed by atoms with van der Waals surface area (Å²) in [6.07, 6.45) is 1.30. The van der Waals surface area contributed by atoms with Gasteiger partial charge in [-0.1, -0.05) is 45.0 Å². The number of hydrogen-bond acceptors (Lipinski definition) is 5. The second kappa shape index (κ2) is 8.23. The van der Waals surface area contributed by atoms with Crippen LogP contribution in [0.4, 0.5) is 0 Å². The average molecular weight is 436 g/mol. The standard InChI is InChI=1S/C24H25N3O3S/c1-24(2,3)23(30)27-9-8-18-17(11-19(22(28)29)26-20(18)12-27)10-15-4-6-16(7-5-15)21-13-31-14-25-21/h4-7,11,13-14H,8-10,12H2,1-3H3,(H,28,29). The molecule has 7 heteroatoms. The number of carboxylic acid groups (broad SMARTS) is 1. The number of aromatic nitrogens is 2. The molecule has 0 spiro atoms. The highest BCUT2D eigenvalue weighted by Crippen LogP contribution is 2.28. The van der Waals surface area contributed by atoms with Crippen molar-refractivity contribution >= 4 is 23.2 Å². The second-order valence-electron chi connectivity index (χ2n) is 8.87. The molecule has 0 saturated carbocycles. The van der Waals surface area contributed by atoms with Crippen LogP contribution in [0.15, 0.2) is 41.2 Å². The third kappa shape index (κ3) is 4.51. The molecule has 1 N–H and O–H groups in total. The van der Waals surface area contributed by atoms with Gasteiger partial charge in [-0.15, -0.1) is 11.3 Å². The van der Waals surface area contributed by atoms with Crippen LogP contribution in [-0.4, -0.2) is 38.4 Å². The molecule has 2 aromatic heterocycles. The first-order valence-electron chi connectivity index (χ1n) is 10.2. The van der Waals surface area contributed by atoms with Gasteiger partial charge >= 0.3 is 5.97 Å². The van der Waals surface area contributed by atoms with Crippen molar-refractivity contribution in [2.75, 3.05) is 6.54 Å². The number of rotatable bonds is 4. The van der Waals surface area contributed by atoms with E-state index in [1.165, 1.54) is 0 Å². The van der Waals surface area contributed by atoms with E-state index in [9.17, 15) is 14.7 Å². The van der Waals surface area contributed by atoms with E-state index in [-0.39, 0.29) is 11.6 Å². The van der Waals surface area contributed by atoms with Crippen LogP contribution in [-0.2, 0) is 24.2 Å². The van der Waals surface area contributed by atoms with Crippen LogP contribution in [0.1, 0.15) is 53.6 Å². The highest BCUT2D eigenvalue weighted by Gasteiger charge is 2.31.